The first kappa shape index (κ1) is 16.7. The van der Waals surface area contributed by atoms with Gasteiger partial charge < -0.3 is 5.11 Å². The van der Waals surface area contributed by atoms with Gasteiger partial charge in [0.25, 0.3) is 0 Å². The Morgan fingerprint density at radius 1 is 1.12 bits per heavy atom. The summed E-state index contributed by atoms with van der Waals surface area (Å²) in [7, 11) is 0. The Kier molecular flexibility index (Phi) is 4.95. The highest BCUT2D eigenvalue weighted by molar-refractivity contribution is 5.70. The number of hydrogen-bond acceptors (Lipinski definition) is 2. The number of likely N-dealkylation sites (tertiary alicyclic amines) is 1. The number of halogens is 1. The summed E-state index contributed by atoms with van der Waals surface area (Å²) in [4.78, 5) is 13.4. The van der Waals surface area contributed by atoms with Crippen LogP contribution >= 0.6 is 0 Å². The molecule has 1 heterocycles. The third-order valence-electron chi connectivity index (χ3n) is 4.80. The van der Waals surface area contributed by atoms with E-state index < -0.39 is 5.97 Å². The first-order chi connectivity index (χ1) is 11.5. The Hall–Kier alpha value is -2.20. The van der Waals surface area contributed by atoms with Crippen LogP contribution < -0.4 is 0 Å². The molecular weight excluding hydrogens is 305 g/mol. The fourth-order valence-electron chi connectivity index (χ4n) is 3.44. The number of carbonyl (C=O) groups is 1. The zero-order valence-corrected chi connectivity index (χ0v) is 13.8. The number of aliphatic carboxylic acids is 1. The maximum Gasteiger partial charge on any atom is 0.306 e. The normalized spacial score (nSPS) is 17.6. The minimum absolute atomic E-state index is 0.0453. The summed E-state index contributed by atoms with van der Waals surface area (Å²) in [6.45, 7) is 3.44. The largest absolute Gasteiger partial charge is 0.481 e. The van der Waals surface area contributed by atoms with Crippen molar-refractivity contribution < 1.29 is 14.3 Å². The summed E-state index contributed by atoms with van der Waals surface area (Å²) in [5.74, 6) is -1.23. The number of nitrogens with zero attached hydrogens (tertiary/aromatic N) is 1. The Labute approximate surface area is 141 Å². The molecule has 3 rings (SSSR count). The SMILES string of the molecule is Cc1ccc(C(c2cccc(F)c2)N2CCC(C(=O)O)CC2)cc1. The third-order valence-corrected chi connectivity index (χ3v) is 4.80. The minimum atomic E-state index is -0.715. The monoisotopic (exact) mass is 327 g/mol. The van der Waals surface area contributed by atoms with E-state index in [2.05, 4.69) is 29.2 Å². The Morgan fingerprint density at radius 3 is 2.38 bits per heavy atom. The number of benzene rings is 2. The highest BCUT2D eigenvalue weighted by Gasteiger charge is 2.30. The summed E-state index contributed by atoms with van der Waals surface area (Å²) < 4.78 is 13.7. The molecule has 4 heteroatoms. The number of carboxylic acids is 1. The number of hydrogen-bond donors (Lipinski definition) is 1. The van der Waals surface area contributed by atoms with E-state index in [9.17, 15) is 14.3 Å². The molecule has 126 valence electrons. The summed E-state index contributed by atoms with van der Waals surface area (Å²) >= 11 is 0. The second-order valence-electron chi connectivity index (χ2n) is 6.52. The quantitative estimate of drug-likeness (QED) is 0.922. The second-order valence-corrected chi connectivity index (χ2v) is 6.52. The number of piperidine rings is 1. The molecule has 1 aliphatic rings. The molecule has 24 heavy (non-hydrogen) atoms. The van der Waals surface area contributed by atoms with E-state index >= 15 is 0 Å². The lowest BCUT2D eigenvalue weighted by molar-refractivity contribution is -0.143. The van der Waals surface area contributed by atoms with Crippen molar-refractivity contribution in [3.63, 3.8) is 0 Å². The Balaban J connectivity index is 1.91. The van der Waals surface area contributed by atoms with Crippen LogP contribution in [-0.4, -0.2) is 29.1 Å². The summed E-state index contributed by atoms with van der Waals surface area (Å²) in [6, 6.07) is 14.9. The van der Waals surface area contributed by atoms with Gasteiger partial charge in [-0.05, 0) is 56.1 Å². The van der Waals surface area contributed by atoms with E-state index in [-0.39, 0.29) is 17.8 Å². The van der Waals surface area contributed by atoms with Crippen molar-refractivity contribution in [2.45, 2.75) is 25.8 Å². The molecule has 0 radical (unpaired) electrons. The number of rotatable bonds is 4. The molecule has 0 aromatic heterocycles. The lowest BCUT2D eigenvalue weighted by Gasteiger charge is -2.37. The summed E-state index contributed by atoms with van der Waals surface area (Å²) in [6.07, 6.45) is 1.26. The van der Waals surface area contributed by atoms with Crippen molar-refractivity contribution in [2.75, 3.05) is 13.1 Å². The van der Waals surface area contributed by atoms with Gasteiger partial charge in [0.1, 0.15) is 5.82 Å². The van der Waals surface area contributed by atoms with Gasteiger partial charge in [0.05, 0.1) is 12.0 Å². The topological polar surface area (TPSA) is 40.5 Å². The van der Waals surface area contributed by atoms with Crippen LogP contribution in [0.5, 0.6) is 0 Å². The van der Waals surface area contributed by atoms with Gasteiger partial charge in [-0.1, -0.05) is 42.0 Å². The van der Waals surface area contributed by atoms with Gasteiger partial charge in [0.2, 0.25) is 0 Å². The minimum Gasteiger partial charge on any atom is -0.481 e. The standard InChI is InChI=1S/C20H22FNO2/c1-14-5-7-15(8-6-14)19(17-3-2-4-18(21)13-17)22-11-9-16(10-12-22)20(23)24/h2-8,13,16,19H,9-12H2,1H3,(H,23,24). The van der Waals surface area contributed by atoms with Crippen molar-refractivity contribution in [3.05, 3.63) is 71.0 Å². The van der Waals surface area contributed by atoms with E-state index in [0.29, 0.717) is 25.9 Å². The van der Waals surface area contributed by atoms with E-state index in [1.165, 1.54) is 11.6 Å². The first-order valence-corrected chi connectivity index (χ1v) is 8.33. The molecule has 1 N–H and O–H groups in total. The van der Waals surface area contributed by atoms with Gasteiger partial charge in [0, 0.05) is 0 Å². The van der Waals surface area contributed by atoms with Crippen LogP contribution in [0.15, 0.2) is 48.5 Å². The van der Waals surface area contributed by atoms with Crippen molar-refractivity contribution in [3.8, 4) is 0 Å². The predicted octanol–water partition coefficient (Wildman–Crippen LogP) is 4.02. The van der Waals surface area contributed by atoms with Crippen LogP contribution in [0.1, 0.15) is 35.6 Å². The van der Waals surface area contributed by atoms with Gasteiger partial charge in [-0.3, -0.25) is 9.69 Å². The zero-order chi connectivity index (χ0) is 17.1. The number of carboxylic acid groups (broad SMARTS) is 1. The molecule has 0 saturated carbocycles. The predicted molar refractivity (Wildman–Crippen MR) is 91.4 cm³/mol. The van der Waals surface area contributed by atoms with Gasteiger partial charge in [-0.2, -0.15) is 0 Å². The Morgan fingerprint density at radius 2 is 1.79 bits per heavy atom. The van der Waals surface area contributed by atoms with Crippen LogP contribution in [0.3, 0.4) is 0 Å². The lowest BCUT2D eigenvalue weighted by atomic mass is 9.91. The van der Waals surface area contributed by atoms with Crippen molar-refractivity contribution in [1.29, 1.82) is 0 Å². The molecule has 1 atom stereocenters. The zero-order valence-electron chi connectivity index (χ0n) is 13.8. The second kappa shape index (κ2) is 7.14. The molecule has 2 aromatic carbocycles. The molecule has 1 aliphatic heterocycles. The van der Waals surface area contributed by atoms with Crippen LogP contribution in [0, 0.1) is 18.7 Å². The fourth-order valence-corrected chi connectivity index (χ4v) is 3.44. The summed E-state index contributed by atoms with van der Waals surface area (Å²) in [5.41, 5.74) is 3.20. The van der Waals surface area contributed by atoms with Crippen LogP contribution in [0.25, 0.3) is 0 Å². The third kappa shape index (κ3) is 3.65. The molecule has 0 bridgehead atoms. The maximum absolute atomic E-state index is 13.7. The van der Waals surface area contributed by atoms with E-state index in [1.54, 1.807) is 12.1 Å². The van der Waals surface area contributed by atoms with Crippen LogP contribution in [0.4, 0.5) is 4.39 Å². The molecule has 1 unspecified atom stereocenters. The molecular formula is C20H22FNO2. The van der Waals surface area contributed by atoms with Gasteiger partial charge in [0.15, 0.2) is 0 Å². The molecule has 0 spiro atoms. The van der Waals surface area contributed by atoms with Crippen LogP contribution in [-0.2, 0) is 4.79 Å². The fraction of sp³-hybridized carbons (Fsp3) is 0.350. The van der Waals surface area contributed by atoms with Crippen molar-refractivity contribution >= 4 is 5.97 Å². The Bertz CT molecular complexity index is 706. The molecule has 2 aromatic rings. The average Bonchev–Trinajstić information content (AvgIpc) is 2.57. The van der Waals surface area contributed by atoms with E-state index in [1.807, 2.05) is 13.0 Å². The molecule has 1 fully saturated rings. The molecule has 3 nitrogen and oxygen atoms in total. The van der Waals surface area contributed by atoms with E-state index in [0.717, 1.165) is 11.1 Å². The maximum atomic E-state index is 13.7. The molecule has 0 aliphatic carbocycles. The molecule has 0 amide bonds. The van der Waals surface area contributed by atoms with E-state index in [4.69, 9.17) is 0 Å². The number of aryl methyl sites for hydroxylation is 1. The highest BCUT2D eigenvalue weighted by atomic mass is 19.1. The highest BCUT2D eigenvalue weighted by Crippen LogP contribution is 2.33. The van der Waals surface area contributed by atoms with Gasteiger partial charge in [-0.25, -0.2) is 4.39 Å². The first-order valence-electron chi connectivity index (χ1n) is 8.33. The smallest absolute Gasteiger partial charge is 0.306 e. The summed E-state index contributed by atoms with van der Waals surface area (Å²) in [5, 5.41) is 9.20. The van der Waals surface area contributed by atoms with Gasteiger partial charge >= 0.3 is 5.97 Å². The molecule has 1 saturated heterocycles. The van der Waals surface area contributed by atoms with Crippen LogP contribution in [0.2, 0.25) is 0 Å². The van der Waals surface area contributed by atoms with Crippen molar-refractivity contribution in [2.24, 2.45) is 5.92 Å². The van der Waals surface area contributed by atoms with Crippen molar-refractivity contribution in [1.82, 2.24) is 4.90 Å². The van der Waals surface area contributed by atoms with Gasteiger partial charge in [-0.15, -0.1) is 0 Å². The average molecular weight is 327 g/mol. The lowest BCUT2D eigenvalue weighted by Crippen LogP contribution is -2.39.